The van der Waals surface area contributed by atoms with Gasteiger partial charge in [-0.2, -0.15) is 5.10 Å². The quantitative estimate of drug-likeness (QED) is 0.375. The summed E-state index contributed by atoms with van der Waals surface area (Å²) in [4.78, 5) is 0. The molecule has 0 aliphatic heterocycles. The lowest BCUT2D eigenvalue weighted by Gasteiger charge is -2.16. The molecule has 4 nitrogen and oxygen atoms in total. The molecule has 3 aromatic carbocycles. The number of benzene rings is 3. The van der Waals surface area contributed by atoms with Crippen molar-refractivity contribution in [3.05, 3.63) is 96.0 Å². The second kappa shape index (κ2) is 7.95. The van der Waals surface area contributed by atoms with Crippen molar-refractivity contribution in [2.45, 2.75) is 40.0 Å². The molecule has 1 heterocycles. The summed E-state index contributed by atoms with van der Waals surface area (Å²) in [7, 11) is 0. The van der Waals surface area contributed by atoms with Crippen LogP contribution in [-0.4, -0.2) is 9.78 Å². The SMILES string of the molecule is C=C(Nc1ccc(C)c2ccccc12)Nc1cc(C(C)(C)C)nn1-c1ccc(C)cc1. The molecule has 0 unspecified atom stereocenters. The standard InChI is InChI=1S/C27H30N4/c1-18-11-14-21(15-12-18)31-26(17-25(30-31)27(4,5)6)29-20(3)28-24-16-13-19(2)22-9-7-8-10-23(22)24/h7-17,28-29H,3H2,1-2,4-6H3. The van der Waals surface area contributed by atoms with E-state index >= 15 is 0 Å². The predicted octanol–water partition coefficient (Wildman–Crippen LogP) is 6.94. The Kier molecular flexibility index (Phi) is 5.32. The first-order valence-corrected chi connectivity index (χ1v) is 10.6. The summed E-state index contributed by atoms with van der Waals surface area (Å²) in [5, 5.41) is 14.2. The summed E-state index contributed by atoms with van der Waals surface area (Å²) in [6.07, 6.45) is 0. The number of hydrogen-bond acceptors (Lipinski definition) is 3. The van der Waals surface area contributed by atoms with Crippen LogP contribution in [0.1, 0.15) is 37.6 Å². The molecule has 0 atom stereocenters. The topological polar surface area (TPSA) is 41.9 Å². The molecule has 1 aromatic heterocycles. The highest BCUT2D eigenvalue weighted by atomic mass is 15.3. The molecule has 0 fully saturated rings. The molecule has 0 amide bonds. The summed E-state index contributed by atoms with van der Waals surface area (Å²) >= 11 is 0. The summed E-state index contributed by atoms with van der Waals surface area (Å²) < 4.78 is 1.94. The van der Waals surface area contributed by atoms with Gasteiger partial charge in [-0.05, 0) is 43.0 Å². The number of aromatic nitrogens is 2. The first kappa shape index (κ1) is 20.7. The van der Waals surface area contributed by atoms with Crippen molar-refractivity contribution in [3.63, 3.8) is 0 Å². The number of aryl methyl sites for hydroxylation is 2. The molecule has 0 spiro atoms. The van der Waals surface area contributed by atoms with Gasteiger partial charge in [-0.1, -0.05) is 75.4 Å². The van der Waals surface area contributed by atoms with Crippen LogP contribution >= 0.6 is 0 Å². The molecule has 4 aromatic rings. The van der Waals surface area contributed by atoms with Crippen molar-refractivity contribution in [1.82, 2.24) is 9.78 Å². The Labute approximate surface area is 184 Å². The smallest absolute Gasteiger partial charge is 0.135 e. The second-order valence-corrected chi connectivity index (χ2v) is 9.12. The summed E-state index contributed by atoms with van der Waals surface area (Å²) in [5.74, 6) is 1.57. The number of fused-ring (bicyclic) bond motifs is 1. The Morgan fingerprint density at radius 1 is 0.871 bits per heavy atom. The van der Waals surface area contributed by atoms with E-state index in [2.05, 4.69) is 119 Å². The molecule has 0 bridgehead atoms. The Bertz CT molecular complexity index is 1240. The van der Waals surface area contributed by atoms with Gasteiger partial charge in [0.1, 0.15) is 11.6 Å². The monoisotopic (exact) mass is 410 g/mol. The van der Waals surface area contributed by atoms with Gasteiger partial charge in [0.05, 0.1) is 11.4 Å². The van der Waals surface area contributed by atoms with Crippen molar-refractivity contribution in [2.24, 2.45) is 0 Å². The normalized spacial score (nSPS) is 11.5. The van der Waals surface area contributed by atoms with Crippen LogP contribution in [-0.2, 0) is 5.41 Å². The molecule has 0 saturated carbocycles. The van der Waals surface area contributed by atoms with Crippen molar-refractivity contribution in [2.75, 3.05) is 10.6 Å². The molecule has 2 N–H and O–H groups in total. The van der Waals surface area contributed by atoms with E-state index in [1.807, 2.05) is 4.68 Å². The van der Waals surface area contributed by atoms with Gasteiger partial charge >= 0.3 is 0 Å². The highest BCUT2D eigenvalue weighted by molar-refractivity contribution is 5.96. The molecule has 31 heavy (non-hydrogen) atoms. The van der Waals surface area contributed by atoms with Crippen molar-refractivity contribution in [1.29, 1.82) is 0 Å². The molecule has 4 heteroatoms. The maximum Gasteiger partial charge on any atom is 0.135 e. The Hall–Kier alpha value is -3.53. The van der Waals surface area contributed by atoms with Gasteiger partial charge in [0.25, 0.3) is 0 Å². The maximum absolute atomic E-state index is 4.89. The third-order valence-electron chi connectivity index (χ3n) is 5.46. The van der Waals surface area contributed by atoms with Crippen LogP contribution in [0.15, 0.2) is 79.1 Å². The van der Waals surface area contributed by atoms with E-state index in [1.54, 1.807) is 0 Å². The van der Waals surface area contributed by atoms with E-state index in [9.17, 15) is 0 Å². The molecule has 4 rings (SSSR count). The van der Waals surface area contributed by atoms with Crippen LogP contribution < -0.4 is 10.6 Å². The Morgan fingerprint density at radius 3 is 2.23 bits per heavy atom. The van der Waals surface area contributed by atoms with Gasteiger partial charge in [0, 0.05) is 22.6 Å². The molecule has 0 saturated heterocycles. The molecular weight excluding hydrogens is 380 g/mol. The second-order valence-electron chi connectivity index (χ2n) is 9.12. The zero-order valence-electron chi connectivity index (χ0n) is 19.0. The number of hydrogen-bond donors (Lipinski definition) is 2. The van der Waals surface area contributed by atoms with E-state index in [4.69, 9.17) is 5.10 Å². The minimum absolute atomic E-state index is 0.0612. The maximum atomic E-state index is 4.89. The highest BCUT2D eigenvalue weighted by Gasteiger charge is 2.21. The fourth-order valence-corrected chi connectivity index (χ4v) is 3.63. The van der Waals surface area contributed by atoms with E-state index in [0.29, 0.717) is 5.82 Å². The van der Waals surface area contributed by atoms with Gasteiger partial charge < -0.3 is 10.6 Å². The summed E-state index contributed by atoms with van der Waals surface area (Å²) in [5.41, 5.74) is 5.47. The molecular formula is C27H30N4. The van der Waals surface area contributed by atoms with E-state index in [-0.39, 0.29) is 5.41 Å². The van der Waals surface area contributed by atoms with Gasteiger partial charge in [0.2, 0.25) is 0 Å². The molecule has 0 aliphatic rings. The average molecular weight is 411 g/mol. The summed E-state index contributed by atoms with van der Waals surface area (Å²) in [6.45, 7) is 15.0. The summed E-state index contributed by atoms with van der Waals surface area (Å²) in [6, 6.07) is 23.1. The van der Waals surface area contributed by atoms with E-state index in [0.717, 1.165) is 22.9 Å². The minimum atomic E-state index is -0.0612. The minimum Gasteiger partial charge on any atom is -0.342 e. The van der Waals surface area contributed by atoms with Crippen molar-refractivity contribution in [3.8, 4) is 5.69 Å². The third kappa shape index (κ3) is 4.33. The lowest BCUT2D eigenvalue weighted by molar-refractivity contribution is 0.560. The van der Waals surface area contributed by atoms with E-state index in [1.165, 1.54) is 21.9 Å². The lowest BCUT2D eigenvalue weighted by Crippen LogP contribution is -2.13. The van der Waals surface area contributed by atoms with E-state index < -0.39 is 0 Å². The largest absolute Gasteiger partial charge is 0.342 e. The predicted molar refractivity (Wildman–Crippen MR) is 132 cm³/mol. The molecule has 0 radical (unpaired) electrons. The highest BCUT2D eigenvalue weighted by Crippen LogP contribution is 2.29. The zero-order chi connectivity index (χ0) is 22.2. The third-order valence-corrected chi connectivity index (χ3v) is 5.46. The van der Waals surface area contributed by atoms with Gasteiger partial charge in [-0.15, -0.1) is 0 Å². The number of rotatable bonds is 5. The molecule has 158 valence electrons. The van der Waals surface area contributed by atoms with Crippen LogP contribution in [0.5, 0.6) is 0 Å². The van der Waals surface area contributed by atoms with Gasteiger partial charge in [-0.25, -0.2) is 4.68 Å². The van der Waals surface area contributed by atoms with Crippen LogP contribution in [0.2, 0.25) is 0 Å². The van der Waals surface area contributed by atoms with Crippen LogP contribution in [0, 0.1) is 13.8 Å². The Morgan fingerprint density at radius 2 is 1.55 bits per heavy atom. The van der Waals surface area contributed by atoms with Crippen LogP contribution in [0.25, 0.3) is 16.5 Å². The number of anilines is 2. The lowest BCUT2D eigenvalue weighted by atomic mass is 9.92. The number of nitrogens with one attached hydrogen (secondary N) is 2. The van der Waals surface area contributed by atoms with Crippen LogP contribution in [0.4, 0.5) is 11.5 Å². The van der Waals surface area contributed by atoms with Crippen molar-refractivity contribution >= 4 is 22.3 Å². The first-order chi connectivity index (χ1) is 14.7. The zero-order valence-corrected chi connectivity index (χ0v) is 19.0. The first-order valence-electron chi connectivity index (χ1n) is 10.6. The van der Waals surface area contributed by atoms with Gasteiger partial charge in [0.15, 0.2) is 0 Å². The van der Waals surface area contributed by atoms with Gasteiger partial charge in [-0.3, -0.25) is 0 Å². The molecule has 0 aliphatic carbocycles. The number of nitrogens with zero attached hydrogens (tertiary/aromatic N) is 2. The fourth-order valence-electron chi connectivity index (χ4n) is 3.63. The van der Waals surface area contributed by atoms with Crippen molar-refractivity contribution < 1.29 is 0 Å². The van der Waals surface area contributed by atoms with Crippen LogP contribution in [0.3, 0.4) is 0 Å². The Balaban J connectivity index is 1.66. The average Bonchev–Trinajstić information content (AvgIpc) is 3.15. The fraction of sp³-hybridized carbons (Fsp3) is 0.222.